The first-order chi connectivity index (χ1) is 13.2. The first kappa shape index (κ1) is 20.0. The minimum absolute atomic E-state index is 0.354. The van der Waals surface area contributed by atoms with Gasteiger partial charge < -0.3 is 24.1 Å². The number of hydrogen-bond donors (Lipinski definition) is 1. The van der Waals surface area contributed by atoms with Crippen LogP contribution in [0.25, 0.3) is 0 Å². The van der Waals surface area contributed by atoms with E-state index in [1.54, 1.807) is 7.11 Å². The molecule has 3 rings (SSSR count). The summed E-state index contributed by atoms with van der Waals surface area (Å²) in [4.78, 5) is 0. The molecule has 1 heterocycles. The van der Waals surface area contributed by atoms with E-state index in [0.29, 0.717) is 19.6 Å². The van der Waals surface area contributed by atoms with Crippen LogP contribution in [0.15, 0.2) is 60.7 Å². The van der Waals surface area contributed by atoms with Crippen molar-refractivity contribution in [3.05, 3.63) is 71.8 Å². The van der Waals surface area contributed by atoms with Crippen molar-refractivity contribution in [2.24, 2.45) is 0 Å². The van der Waals surface area contributed by atoms with Crippen molar-refractivity contribution in [2.75, 3.05) is 7.11 Å². The number of aliphatic hydroxyl groups is 1. The SMILES string of the molecule is CCC1O[C@@H](OC)C(OCc2ccccc2)[C@@H](OCc2ccccc2)[C@H]1O. The third kappa shape index (κ3) is 5.15. The van der Waals surface area contributed by atoms with Crippen LogP contribution in [0.2, 0.25) is 0 Å². The maximum Gasteiger partial charge on any atom is 0.186 e. The lowest BCUT2D eigenvalue weighted by molar-refractivity contribution is -0.310. The van der Waals surface area contributed by atoms with Gasteiger partial charge in [-0.25, -0.2) is 0 Å². The first-order valence-corrected chi connectivity index (χ1v) is 9.40. The van der Waals surface area contributed by atoms with Crippen molar-refractivity contribution in [1.29, 1.82) is 0 Å². The quantitative estimate of drug-likeness (QED) is 0.771. The predicted molar refractivity (Wildman–Crippen MR) is 102 cm³/mol. The standard InChI is InChI=1S/C22H28O5/c1-3-18-19(23)20(25-14-16-10-6-4-7-11-16)21(22(24-2)27-18)26-15-17-12-8-5-9-13-17/h4-13,18-23H,3,14-15H2,1-2H3/t18?,19-,20-,21?,22+/m0/s1. The van der Waals surface area contributed by atoms with Crippen molar-refractivity contribution in [2.45, 2.75) is 57.3 Å². The molecule has 0 bridgehead atoms. The maximum absolute atomic E-state index is 10.8. The molecule has 0 spiro atoms. The number of ether oxygens (including phenoxy) is 4. The minimum atomic E-state index is -0.786. The summed E-state index contributed by atoms with van der Waals surface area (Å²) in [5.41, 5.74) is 2.08. The van der Waals surface area contributed by atoms with E-state index < -0.39 is 24.6 Å². The van der Waals surface area contributed by atoms with Crippen molar-refractivity contribution >= 4 is 0 Å². The smallest absolute Gasteiger partial charge is 0.186 e. The Balaban J connectivity index is 1.73. The molecule has 5 nitrogen and oxygen atoms in total. The average molecular weight is 372 g/mol. The number of benzene rings is 2. The molecule has 2 aromatic carbocycles. The zero-order valence-corrected chi connectivity index (χ0v) is 15.9. The van der Waals surface area contributed by atoms with Gasteiger partial charge in [0.2, 0.25) is 0 Å². The molecule has 27 heavy (non-hydrogen) atoms. The van der Waals surface area contributed by atoms with Gasteiger partial charge in [-0.2, -0.15) is 0 Å². The molecule has 0 aliphatic carbocycles. The van der Waals surface area contributed by atoms with E-state index in [1.807, 2.05) is 67.6 Å². The van der Waals surface area contributed by atoms with E-state index in [-0.39, 0.29) is 6.10 Å². The van der Waals surface area contributed by atoms with Gasteiger partial charge in [0.25, 0.3) is 0 Å². The summed E-state index contributed by atoms with van der Waals surface area (Å²) in [6.45, 7) is 2.75. The van der Waals surface area contributed by atoms with Crippen LogP contribution in [0.1, 0.15) is 24.5 Å². The molecule has 0 aromatic heterocycles. The molecule has 0 radical (unpaired) electrons. The van der Waals surface area contributed by atoms with Gasteiger partial charge in [-0.1, -0.05) is 67.6 Å². The topological polar surface area (TPSA) is 57.2 Å². The van der Waals surface area contributed by atoms with Crippen LogP contribution in [0.5, 0.6) is 0 Å². The summed E-state index contributed by atoms with van der Waals surface area (Å²) in [5, 5.41) is 10.8. The zero-order valence-electron chi connectivity index (χ0n) is 15.9. The summed E-state index contributed by atoms with van der Waals surface area (Å²) in [6, 6.07) is 19.8. The highest BCUT2D eigenvalue weighted by molar-refractivity contribution is 5.14. The van der Waals surface area contributed by atoms with Gasteiger partial charge in [0.05, 0.1) is 19.3 Å². The second-order valence-corrected chi connectivity index (χ2v) is 6.70. The Morgan fingerprint density at radius 3 is 1.85 bits per heavy atom. The molecule has 5 atom stereocenters. The third-order valence-electron chi connectivity index (χ3n) is 4.82. The van der Waals surface area contributed by atoms with Crippen molar-refractivity contribution in [3.8, 4) is 0 Å². The lowest BCUT2D eigenvalue weighted by Crippen LogP contribution is -2.59. The molecule has 1 fully saturated rings. The summed E-state index contributed by atoms with van der Waals surface area (Å²) in [5.74, 6) is 0. The molecule has 2 unspecified atom stereocenters. The van der Waals surface area contributed by atoms with Gasteiger partial charge in [-0.15, -0.1) is 0 Å². The van der Waals surface area contributed by atoms with Gasteiger partial charge >= 0.3 is 0 Å². The van der Waals surface area contributed by atoms with E-state index >= 15 is 0 Å². The van der Waals surface area contributed by atoms with Gasteiger partial charge in [0.1, 0.15) is 18.3 Å². The highest BCUT2D eigenvalue weighted by Gasteiger charge is 2.46. The summed E-state index contributed by atoms with van der Waals surface area (Å²) in [7, 11) is 1.59. The van der Waals surface area contributed by atoms with Gasteiger partial charge in [-0.05, 0) is 17.5 Å². The lowest BCUT2D eigenvalue weighted by atomic mass is 9.96. The van der Waals surface area contributed by atoms with Crippen molar-refractivity contribution < 1.29 is 24.1 Å². The molecular formula is C22H28O5. The predicted octanol–water partition coefficient (Wildman–Crippen LogP) is 3.30. The molecular weight excluding hydrogens is 344 g/mol. The Morgan fingerprint density at radius 2 is 1.37 bits per heavy atom. The van der Waals surface area contributed by atoms with Gasteiger partial charge in [-0.3, -0.25) is 0 Å². The highest BCUT2D eigenvalue weighted by atomic mass is 16.7. The van der Waals surface area contributed by atoms with Crippen LogP contribution in [0, 0.1) is 0 Å². The monoisotopic (exact) mass is 372 g/mol. The second-order valence-electron chi connectivity index (χ2n) is 6.70. The fourth-order valence-corrected chi connectivity index (χ4v) is 3.32. The molecule has 5 heteroatoms. The van der Waals surface area contributed by atoms with Crippen molar-refractivity contribution in [3.63, 3.8) is 0 Å². The summed E-state index contributed by atoms with van der Waals surface area (Å²) >= 11 is 0. The molecule has 1 aliphatic rings. The molecule has 0 saturated carbocycles. The van der Waals surface area contributed by atoms with Crippen LogP contribution < -0.4 is 0 Å². The van der Waals surface area contributed by atoms with E-state index in [9.17, 15) is 5.11 Å². The Kier molecular flexibility index (Phi) is 7.38. The average Bonchev–Trinajstić information content (AvgIpc) is 2.73. The van der Waals surface area contributed by atoms with Gasteiger partial charge in [0.15, 0.2) is 6.29 Å². The van der Waals surface area contributed by atoms with Crippen LogP contribution in [0.3, 0.4) is 0 Å². The van der Waals surface area contributed by atoms with E-state index in [0.717, 1.165) is 11.1 Å². The maximum atomic E-state index is 10.8. The first-order valence-electron chi connectivity index (χ1n) is 9.40. The molecule has 1 saturated heterocycles. The number of hydrogen-bond acceptors (Lipinski definition) is 5. The lowest BCUT2D eigenvalue weighted by Gasteiger charge is -2.43. The van der Waals surface area contributed by atoms with Crippen LogP contribution in [0.4, 0.5) is 0 Å². The third-order valence-corrected chi connectivity index (χ3v) is 4.82. The highest BCUT2D eigenvalue weighted by Crippen LogP contribution is 2.29. The number of rotatable bonds is 8. The second kappa shape index (κ2) is 9.97. The molecule has 146 valence electrons. The fourth-order valence-electron chi connectivity index (χ4n) is 3.32. The van der Waals surface area contributed by atoms with Gasteiger partial charge in [0, 0.05) is 7.11 Å². The minimum Gasteiger partial charge on any atom is -0.388 e. The Morgan fingerprint density at radius 1 is 0.852 bits per heavy atom. The number of methoxy groups -OCH3 is 1. The Hall–Kier alpha value is -1.76. The number of aliphatic hydroxyl groups excluding tert-OH is 1. The van der Waals surface area contributed by atoms with Crippen LogP contribution in [-0.4, -0.2) is 42.9 Å². The molecule has 1 aliphatic heterocycles. The Bertz CT molecular complexity index is 663. The van der Waals surface area contributed by atoms with E-state index in [4.69, 9.17) is 18.9 Å². The molecule has 1 N–H and O–H groups in total. The fraction of sp³-hybridized carbons (Fsp3) is 0.455. The largest absolute Gasteiger partial charge is 0.388 e. The molecule has 0 amide bonds. The van der Waals surface area contributed by atoms with Crippen LogP contribution >= 0.6 is 0 Å². The summed E-state index contributed by atoms with van der Waals surface area (Å²) in [6.07, 6.45) is -2.15. The zero-order chi connectivity index (χ0) is 19.1. The summed E-state index contributed by atoms with van der Waals surface area (Å²) < 4.78 is 23.6. The normalized spacial score (nSPS) is 28.2. The van der Waals surface area contributed by atoms with E-state index in [1.165, 1.54) is 0 Å². The molecule has 2 aromatic rings. The van der Waals surface area contributed by atoms with Crippen LogP contribution in [-0.2, 0) is 32.2 Å². The van der Waals surface area contributed by atoms with Crippen molar-refractivity contribution in [1.82, 2.24) is 0 Å². The van der Waals surface area contributed by atoms with E-state index in [2.05, 4.69) is 0 Å². The Labute approximate surface area is 160 Å².